The van der Waals surface area contributed by atoms with Gasteiger partial charge >= 0.3 is 0 Å². The molecule has 1 atom stereocenters. The lowest BCUT2D eigenvalue weighted by atomic mass is 9.86. The number of hydrogen-bond donors (Lipinski definition) is 1. The Bertz CT molecular complexity index is 894. The first-order valence-corrected chi connectivity index (χ1v) is 13.1. The highest BCUT2D eigenvalue weighted by atomic mass is 35.5. The van der Waals surface area contributed by atoms with Gasteiger partial charge in [0.15, 0.2) is 5.82 Å². The summed E-state index contributed by atoms with van der Waals surface area (Å²) in [6, 6.07) is 2.88. The molecule has 5 rings (SSSR count). The SMILES string of the molecule is COCCNC(C1CC1)C1CCN(Cc2cc3nc(Cl)nc(N4CCOCC4)c3s2)CC1. The van der Waals surface area contributed by atoms with Crippen molar-refractivity contribution in [1.82, 2.24) is 20.2 Å². The number of ether oxygens (including phenoxy) is 2. The Kier molecular flexibility index (Phi) is 7.46. The molecule has 0 aromatic carbocycles. The summed E-state index contributed by atoms with van der Waals surface area (Å²) in [7, 11) is 1.78. The molecule has 9 heteroatoms. The number of nitrogens with one attached hydrogen (secondary N) is 1. The number of rotatable bonds is 9. The maximum atomic E-state index is 6.27. The molecule has 1 saturated carbocycles. The minimum Gasteiger partial charge on any atom is -0.383 e. The quantitative estimate of drug-likeness (QED) is 0.436. The van der Waals surface area contributed by atoms with Gasteiger partial charge in [-0.25, -0.2) is 4.98 Å². The summed E-state index contributed by atoms with van der Waals surface area (Å²) in [6.45, 7) is 8.25. The fourth-order valence-corrected chi connectivity index (χ4v) is 6.52. The van der Waals surface area contributed by atoms with E-state index in [4.69, 9.17) is 21.1 Å². The van der Waals surface area contributed by atoms with Crippen LogP contribution in [-0.2, 0) is 16.0 Å². The number of likely N-dealkylation sites (tertiary alicyclic amines) is 1. The summed E-state index contributed by atoms with van der Waals surface area (Å²) < 4.78 is 11.9. The zero-order chi connectivity index (χ0) is 21.9. The molecule has 2 aliphatic heterocycles. The molecule has 1 N–H and O–H groups in total. The monoisotopic (exact) mass is 479 g/mol. The summed E-state index contributed by atoms with van der Waals surface area (Å²) in [4.78, 5) is 15.3. The predicted molar refractivity (Wildman–Crippen MR) is 130 cm³/mol. The summed E-state index contributed by atoms with van der Waals surface area (Å²) in [6.07, 6.45) is 5.33. The third-order valence-electron chi connectivity index (χ3n) is 7.02. The zero-order valence-corrected chi connectivity index (χ0v) is 20.5. The first-order chi connectivity index (χ1) is 15.7. The molecule has 2 saturated heterocycles. The van der Waals surface area contributed by atoms with Crippen molar-refractivity contribution in [3.8, 4) is 0 Å². The Morgan fingerprint density at radius 1 is 1.16 bits per heavy atom. The molecule has 2 aromatic rings. The van der Waals surface area contributed by atoms with E-state index in [1.54, 1.807) is 7.11 Å². The van der Waals surface area contributed by atoms with E-state index in [2.05, 4.69) is 31.2 Å². The molecule has 0 radical (unpaired) electrons. The number of hydrogen-bond acceptors (Lipinski definition) is 8. The number of morpholine rings is 1. The van der Waals surface area contributed by atoms with Gasteiger partial charge in [0.1, 0.15) is 0 Å². The third kappa shape index (κ3) is 5.37. The minimum absolute atomic E-state index is 0.330. The van der Waals surface area contributed by atoms with Crippen LogP contribution in [0.4, 0.5) is 5.82 Å². The van der Waals surface area contributed by atoms with Gasteiger partial charge in [-0.2, -0.15) is 4.98 Å². The van der Waals surface area contributed by atoms with Gasteiger partial charge in [0, 0.05) is 44.2 Å². The standard InChI is InChI=1S/C23H34ClN5O2S/c1-30-11-6-25-20(16-2-3-16)17-4-7-28(8-5-17)15-18-14-19-21(32-18)22(27-23(24)26-19)29-9-12-31-13-10-29/h14,16-17,20,25H,2-13,15H2,1H3. The Morgan fingerprint density at radius 2 is 1.91 bits per heavy atom. The Morgan fingerprint density at radius 3 is 2.62 bits per heavy atom. The van der Waals surface area contributed by atoms with Crippen molar-refractivity contribution in [2.24, 2.45) is 11.8 Å². The molecule has 0 bridgehead atoms. The van der Waals surface area contributed by atoms with Crippen molar-refractivity contribution in [3.63, 3.8) is 0 Å². The van der Waals surface area contributed by atoms with E-state index < -0.39 is 0 Å². The molecular formula is C23H34ClN5O2S. The van der Waals surface area contributed by atoms with Crippen LogP contribution in [0.2, 0.25) is 5.28 Å². The third-order valence-corrected chi connectivity index (χ3v) is 8.30. The summed E-state index contributed by atoms with van der Waals surface area (Å²) in [5, 5.41) is 4.12. The van der Waals surface area contributed by atoms with Crippen LogP contribution in [0.25, 0.3) is 10.2 Å². The number of fused-ring (bicyclic) bond motifs is 1. The average molecular weight is 480 g/mol. The number of nitrogens with zero attached hydrogens (tertiary/aromatic N) is 4. The van der Waals surface area contributed by atoms with E-state index >= 15 is 0 Å². The molecule has 1 aliphatic carbocycles. The van der Waals surface area contributed by atoms with Crippen molar-refractivity contribution in [3.05, 3.63) is 16.2 Å². The molecule has 1 unspecified atom stereocenters. The first kappa shape index (κ1) is 22.7. The van der Waals surface area contributed by atoms with Crippen molar-refractivity contribution in [1.29, 1.82) is 0 Å². The van der Waals surface area contributed by atoms with E-state index in [1.807, 2.05) is 11.3 Å². The van der Waals surface area contributed by atoms with Crippen LogP contribution >= 0.6 is 22.9 Å². The van der Waals surface area contributed by atoms with Gasteiger partial charge in [0.05, 0.1) is 30.0 Å². The number of halogens is 1. The summed E-state index contributed by atoms with van der Waals surface area (Å²) in [5.41, 5.74) is 0.970. The zero-order valence-electron chi connectivity index (χ0n) is 18.9. The topological polar surface area (TPSA) is 62.8 Å². The molecule has 7 nitrogen and oxygen atoms in total. The van der Waals surface area contributed by atoms with Crippen molar-refractivity contribution >= 4 is 39.0 Å². The average Bonchev–Trinajstić information content (AvgIpc) is 3.57. The van der Waals surface area contributed by atoms with Gasteiger partial charge in [-0.05, 0) is 68.3 Å². The lowest BCUT2D eigenvalue weighted by molar-refractivity contribution is 0.122. The van der Waals surface area contributed by atoms with Crippen LogP contribution in [0, 0.1) is 11.8 Å². The van der Waals surface area contributed by atoms with Gasteiger partial charge in [0.25, 0.3) is 0 Å². The maximum absolute atomic E-state index is 6.27. The smallest absolute Gasteiger partial charge is 0.224 e. The van der Waals surface area contributed by atoms with Crippen molar-refractivity contribution in [2.75, 3.05) is 64.6 Å². The second-order valence-corrected chi connectivity index (χ2v) is 10.7. The molecule has 3 aliphatic rings. The fourth-order valence-electron chi connectivity index (χ4n) is 5.20. The van der Waals surface area contributed by atoms with Crippen molar-refractivity contribution < 1.29 is 9.47 Å². The van der Waals surface area contributed by atoms with E-state index in [0.29, 0.717) is 11.3 Å². The molecule has 4 heterocycles. The minimum atomic E-state index is 0.330. The second-order valence-electron chi connectivity index (χ2n) is 9.27. The normalized spacial score (nSPS) is 22.0. The predicted octanol–water partition coefficient (Wildman–Crippen LogP) is 3.41. The molecule has 0 spiro atoms. The number of anilines is 1. The van der Waals surface area contributed by atoms with Crippen LogP contribution in [0.3, 0.4) is 0 Å². The molecule has 176 valence electrons. The Labute approximate surface area is 199 Å². The van der Waals surface area contributed by atoms with Crippen LogP contribution in [0.15, 0.2) is 6.07 Å². The lowest BCUT2D eigenvalue weighted by Crippen LogP contribution is -2.45. The van der Waals surface area contributed by atoms with Gasteiger partial charge in [-0.1, -0.05) is 0 Å². The van der Waals surface area contributed by atoms with Gasteiger partial charge in [-0.15, -0.1) is 11.3 Å². The van der Waals surface area contributed by atoms with Crippen LogP contribution < -0.4 is 10.2 Å². The Balaban J connectivity index is 1.22. The Hall–Kier alpha value is -1.03. The van der Waals surface area contributed by atoms with E-state index in [-0.39, 0.29) is 0 Å². The molecule has 0 amide bonds. The van der Waals surface area contributed by atoms with Gasteiger partial charge in [0.2, 0.25) is 5.28 Å². The molecule has 2 aromatic heterocycles. The molecule has 3 fully saturated rings. The number of piperidine rings is 1. The highest BCUT2D eigenvalue weighted by Crippen LogP contribution is 2.39. The lowest BCUT2D eigenvalue weighted by Gasteiger charge is -2.36. The second kappa shape index (κ2) is 10.5. The van der Waals surface area contributed by atoms with Crippen LogP contribution in [0.1, 0.15) is 30.6 Å². The first-order valence-electron chi connectivity index (χ1n) is 11.9. The van der Waals surface area contributed by atoms with Crippen LogP contribution in [0.5, 0.6) is 0 Å². The van der Waals surface area contributed by atoms with E-state index in [1.165, 1.54) is 30.6 Å². The summed E-state index contributed by atoms with van der Waals surface area (Å²) >= 11 is 8.09. The largest absolute Gasteiger partial charge is 0.383 e. The number of aromatic nitrogens is 2. The highest BCUT2D eigenvalue weighted by Gasteiger charge is 2.37. The van der Waals surface area contributed by atoms with Crippen LogP contribution in [-0.4, -0.2) is 80.6 Å². The molecular weight excluding hydrogens is 446 g/mol. The van der Waals surface area contributed by atoms with Gasteiger partial charge < -0.3 is 19.7 Å². The maximum Gasteiger partial charge on any atom is 0.224 e. The van der Waals surface area contributed by atoms with Gasteiger partial charge in [-0.3, -0.25) is 4.90 Å². The van der Waals surface area contributed by atoms with E-state index in [9.17, 15) is 0 Å². The fraction of sp³-hybridized carbons (Fsp3) is 0.739. The van der Waals surface area contributed by atoms with Crippen molar-refractivity contribution in [2.45, 2.75) is 38.3 Å². The van der Waals surface area contributed by atoms with E-state index in [0.717, 1.165) is 87.0 Å². The number of thiophene rings is 1. The number of methoxy groups -OCH3 is 1. The highest BCUT2D eigenvalue weighted by molar-refractivity contribution is 7.19. The molecule has 32 heavy (non-hydrogen) atoms. The summed E-state index contributed by atoms with van der Waals surface area (Å²) in [5.74, 6) is 2.64.